The number of hydrogen-bond acceptors (Lipinski definition) is 5. The highest BCUT2D eigenvalue weighted by molar-refractivity contribution is 6.30. The summed E-state index contributed by atoms with van der Waals surface area (Å²) in [6.07, 6.45) is 0. The number of anilines is 1. The van der Waals surface area contributed by atoms with E-state index >= 15 is 0 Å². The Labute approximate surface area is 163 Å². The van der Waals surface area contributed by atoms with Gasteiger partial charge in [-0.25, -0.2) is 0 Å². The molecule has 4 aromatic rings. The fourth-order valence-corrected chi connectivity index (χ4v) is 2.78. The smallest absolute Gasteiger partial charge is 0.256 e. The topological polar surface area (TPSA) is 101 Å². The minimum Gasteiger partial charge on any atom is -0.497 e. The van der Waals surface area contributed by atoms with E-state index in [0.717, 1.165) is 5.56 Å². The van der Waals surface area contributed by atoms with Gasteiger partial charge in [-0.2, -0.15) is 9.50 Å². The van der Waals surface area contributed by atoms with Gasteiger partial charge in [0.1, 0.15) is 11.6 Å². The third kappa shape index (κ3) is 3.45. The van der Waals surface area contributed by atoms with E-state index in [1.807, 2.05) is 0 Å². The number of carbonyl (C=O) groups is 1. The van der Waals surface area contributed by atoms with Crippen LogP contribution in [0, 0.1) is 0 Å². The molecule has 0 saturated heterocycles. The zero-order chi connectivity index (χ0) is 19.7. The van der Waals surface area contributed by atoms with Crippen molar-refractivity contribution < 1.29 is 9.53 Å². The molecule has 0 atom stereocenters. The summed E-state index contributed by atoms with van der Waals surface area (Å²) in [5, 5.41) is 7.67. The summed E-state index contributed by atoms with van der Waals surface area (Å²) in [7, 11) is 1.52. The molecule has 0 saturated carbocycles. The number of nitrogens with zero attached hydrogens (tertiary/aromatic N) is 3. The third-order valence-corrected chi connectivity index (χ3v) is 4.27. The number of amides is 1. The van der Waals surface area contributed by atoms with Gasteiger partial charge < -0.3 is 10.1 Å². The van der Waals surface area contributed by atoms with E-state index in [-0.39, 0.29) is 11.6 Å². The molecule has 140 valence electrons. The lowest BCUT2D eigenvalue weighted by Gasteiger charge is -2.07. The van der Waals surface area contributed by atoms with Crippen molar-refractivity contribution in [1.82, 2.24) is 19.6 Å². The second-order valence-corrected chi connectivity index (χ2v) is 6.32. The molecule has 0 bridgehead atoms. The van der Waals surface area contributed by atoms with Crippen molar-refractivity contribution in [2.24, 2.45) is 0 Å². The predicted molar refractivity (Wildman–Crippen MR) is 105 cm³/mol. The number of halogens is 1. The molecule has 0 aliphatic carbocycles. The average molecular weight is 396 g/mol. The molecule has 9 heteroatoms. The maximum atomic E-state index is 12.6. The monoisotopic (exact) mass is 395 g/mol. The number of H-pyrrole nitrogens is 1. The number of ether oxygens (including phenoxy) is 1. The van der Waals surface area contributed by atoms with Crippen molar-refractivity contribution in [2.45, 2.75) is 0 Å². The molecule has 0 aliphatic rings. The van der Waals surface area contributed by atoms with Crippen molar-refractivity contribution in [1.29, 1.82) is 0 Å². The van der Waals surface area contributed by atoms with Crippen molar-refractivity contribution in [3.63, 3.8) is 0 Å². The van der Waals surface area contributed by atoms with Crippen molar-refractivity contribution in [2.75, 3.05) is 12.4 Å². The van der Waals surface area contributed by atoms with Gasteiger partial charge in [0, 0.05) is 22.2 Å². The lowest BCUT2D eigenvalue weighted by Crippen LogP contribution is -2.18. The molecule has 2 heterocycles. The average Bonchev–Trinajstić information content (AvgIpc) is 3.12. The van der Waals surface area contributed by atoms with Crippen LogP contribution < -0.4 is 15.6 Å². The first kappa shape index (κ1) is 17.7. The first-order chi connectivity index (χ1) is 13.5. The van der Waals surface area contributed by atoms with Gasteiger partial charge in [0.15, 0.2) is 5.82 Å². The Kier molecular flexibility index (Phi) is 4.54. The second-order valence-electron chi connectivity index (χ2n) is 5.88. The number of rotatable bonds is 4. The number of nitrogens with one attached hydrogen (secondary N) is 2. The molecular weight excluding hydrogens is 382 g/mol. The number of carbonyl (C=O) groups excluding carboxylic acids is 1. The summed E-state index contributed by atoms with van der Waals surface area (Å²) in [6.45, 7) is 0. The van der Waals surface area contributed by atoms with Gasteiger partial charge in [0.05, 0.1) is 7.11 Å². The van der Waals surface area contributed by atoms with E-state index in [1.54, 1.807) is 48.5 Å². The highest BCUT2D eigenvalue weighted by atomic mass is 35.5. The number of benzene rings is 2. The van der Waals surface area contributed by atoms with Crippen LogP contribution in [0.2, 0.25) is 5.02 Å². The molecule has 0 aliphatic heterocycles. The first-order valence-corrected chi connectivity index (χ1v) is 8.63. The van der Waals surface area contributed by atoms with Crippen LogP contribution in [0.1, 0.15) is 10.4 Å². The molecule has 1 amide bonds. The van der Waals surface area contributed by atoms with E-state index in [4.69, 9.17) is 16.3 Å². The quantitative estimate of drug-likeness (QED) is 0.553. The highest BCUT2D eigenvalue weighted by Crippen LogP contribution is 2.20. The summed E-state index contributed by atoms with van der Waals surface area (Å²) in [5.41, 5.74) is 0.688. The zero-order valence-corrected chi connectivity index (χ0v) is 15.4. The Morgan fingerprint density at radius 3 is 2.71 bits per heavy atom. The third-order valence-electron chi connectivity index (χ3n) is 4.01. The fraction of sp³-hybridized carbons (Fsp3) is 0.0526. The Balaban J connectivity index is 1.73. The van der Waals surface area contributed by atoms with Crippen LogP contribution in [0.15, 0.2) is 59.4 Å². The Hall–Kier alpha value is -3.65. The SMILES string of the molecule is COc1cccc(C(=O)Nc2cc(=O)[nH]c3nc(-c4ccc(Cl)cc4)nn23)c1. The van der Waals surface area contributed by atoms with Gasteiger partial charge in [-0.1, -0.05) is 17.7 Å². The van der Waals surface area contributed by atoms with Gasteiger partial charge in [-0.15, -0.1) is 5.10 Å². The Bertz CT molecular complexity index is 1230. The number of hydrogen-bond donors (Lipinski definition) is 2. The normalized spacial score (nSPS) is 10.8. The summed E-state index contributed by atoms with van der Waals surface area (Å²) in [4.78, 5) is 31.5. The van der Waals surface area contributed by atoms with Gasteiger partial charge >= 0.3 is 0 Å². The minimum absolute atomic E-state index is 0.194. The molecule has 0 unspecified atom stereocenters. The van der Waals surface area contributed by atoms with Crippen molar-refractivity contribution in [3.05, 3.63) is 75.5 Å². The van der Waals surface area contributed by atoms with Gasteiger partial charge in [0.25, 0.3) is 11.5 Å². The molecule has 28 heavy (non-hydrogen) atoms. The van der Waals surface area contributed by atoms with Crippen molar-refractivity contribution in [3.8, 4) is 17.1 Å². The van der Waals surface area contributed by atoms with Gasteiger partial charge in [0.2, 0.25) is 5.78 Å². The van der Waals surface area contributed by atoms with Crippen LogP contribution in [0.5, 0.6) is 5.75 Å². The molecule has 0 radical (unpaired) electrons. The highest BCUT2D eigenvalue weighted by Gasteiger charge is 2.14. The standard InChI is InChI=1S/C19H14ClN5O3/c1-28-14-4-2-3-12(9-14)18(27)21-15-10-16(26)22-19-23-17(24-25(15)19)11-5-7-13(20)8-6-11/h2-10H,1H3,(H,21,27)(H,22,23,24,26). The Morgan fingerprint density at radius 1 is 1.18 bits per heavy atom. The van der Waals surface area contributed by atoms with Crippen molar-refractivity contribution >= 4 is 29.1 Å². The lowest BCUT2D eigenvalue weighted by atomic mass is 10.2. The molecule has 0 spiro atoms. The van der Waals surface area contributed by atoms with E-state index in [1.165, 1.54) is 17.7 Å². The van der Waals surface area contributed by atoms with E-state index in [2.05, 4.69) is 20.4 Å². The molecule has 0 fully saturated rings. The van der Waals surface area contributed by atoms with E-state index in [0.29, 0.717) is 22.2 Å². The molecule has 4 rings (SSSR count). The number of aromatic nitrogens is 4. The molecule has 2 aromatic carbocycles. The van der Waals surface area contributed by atoms with Gasteiger partial charge in [-0.3, -0.25) is 14.6 Å². The minimum atomic E-state index is -0.413. The Morgan fingerprint density at radius 2 is 1.96 bits per heavy atom. The molecule has 2 N–H and O–H groups in total. The van der Waals surface area contributed by atoms with Crippen LogP contribution in [0.4, 0.5) is 5.82 Å². The zero-order valence-electron chi connectivity index (χ0n) is 14.6. The van der Waals surface area contributed by atoms with Crippen LogP contribution in [-0.4, -0.2) is 32.6 Å². The fourth-order valence-electron chi connectivity index (χ4n) is 2.66. The van der Waals surface area contributed by atoms with E-state index in [9.17, 15) is 9.59 Å². The summed E-state index contributed by atoms with van der Waals surface area (Å²) < 4.78 is 6.50. The number of fused-ring (bicyclic) bond motifs is 1. The number of methoxy groups -OCH3 is 1. The number of aromatic amines is 1. The van der Waals surface area contributed by atoms with E-state index < -0.39 is 11.5 Å². The lowest BCUT2D eigenvalue weighted by molar-refractivity contribution is 0.102. The molecule has 2 aromatic heterocycles. The maximum Gasteiger partial charge on any atom is 0.256 e. The van der Waals surface area contributed by atoms with Crippen LogP contribution in [-0.2, 0) is 0 Å². The van der Waals surface area contributed by atoms with Crippen LogP contribution >= 0.6 is 11.6 Å². The maximum absolute atomic E-state index is 12.6. The largest absolute Gasteiger partial charge is 0.497 e. The van der Waals surface area contributed by atoms with Crippen LogP contribution in [0.25, 0.3) is 17.2 Å². The van der Waals surface area contributed by atoms with Gasteiger partial charge in [-0.05, 0) is 42.5 Å². The predicted octanol–water partition coefficient (Wildman–Crippen LogP) is 3.00. The summed E-state index contributed by atoms with van der Waals surface area (Å²) in [6, 6.07) is 14.9. The molecular formula is C19H14ClN5O3. The molecule has 8 nitrogen and oxygen atoms in total. The summed E-state index contributed by atoms with van der Waals surface area (Å²) >= 11 is 5.91. The second kappa shape index (κ2) is 7.16. The van der Waals surface area contributed by atoms with Crippen LogP contribution in [0.3, 0.4) is 0 Å². The first-order valence-electron chi connectivity index (χ1n) is 8.25. The summed E-state index contributed by atoms with van der Waals surface area (Å²) in [5.74, 6) is 0.928.